The van der Waals surface area contributed by atoms with Gasteiger partial charge in [-0.05, 0) is 50.4 Å². The molecular weight excluding hydrogens is 288 g/mol. The quantitative estimate of drug-likeness (QED) is 0.398. The zero-order valence-corrected chi connectivity index (χ0v) is 14.4. The number of allylic oxidation sites excluding steroid dienone is 6. The van der Waals surface area contributed by atoms with Gasteiger partial charge in [-0.15, -0.1) is 0 Å². The molecule has 3 atom stereocenters. The molecule has 0 bridgehead atoms. The van der Waals surface area contributed by atoms with Crippen LogP contribution in [0.1, 0.15) is 64.7 Å². The van der Waals surface area contributed by atoms with Crippen molar-refractivity contribution in [3.05, 3.63) is 36.5 Å². The average molecular weight is 320 g/mol. The van der Waals surface area contributed by atoms with Gasteiger partial charge in [0.1, 0.15) is 0 Å². The van der Waals surface area contributed by atoms with Gasteiger partial charge in [-0.25, -0.2) is 4.79 Å². The first-order valence-corrected chi connectivity index (χ1v) is 9.04. The Morgan fingerprint density at radius 3 is 2.78 bits per heavy atom. The third-order valence-electron chi connectivity index (χ3n) is 4.42. The Morgan fingerprint density at radius 1 is 1.22 bits per heavy atom. The largest absolute Gasteiger partial charge is 0.479 e. The van der Waals surface area contributed by atoms with E-state index < -0.39 is 12.1 Å². The third-order valence-corrected chi connectivity index (χ3v) is 4.42. The molecule has 0 aromatic rings. The van der Waals surface area contributed by atoms with Crippen molar-refractivity contribution in [1.82, 2.24) is 0 Å². The zero-order valence-electron chi connectivity index (χ0n) is 14.4. The van der Waals surface area contributed by atoms with E-state index in [1.807, 2.05) is 6.08 Å². The van der Waals surface area contributed by atoms with Crippen LogP contribution in [0.2, 0.25) is 0 Å². The lowest BCUT2D eigenvalue weighted by atomic mass is 9.91. The summed E-state index contributed by atoms with van der Waals surface area (Å²) in [6.07, 6.45) is 21.6. The highest BCUT2D eigenvalue weighted by Gasteiger charge is 2.18. The Morgan fingerprint density at radius 2 is 2.04 bits per heavy atom. The predicted molar refractivity (Wildman–Crippen MR) is 95.3 cm³/mol. The monoisotopic (exact) mass is 320 g/mol. The first kappa shape index (κ1) is 19.7. The van der Waals surface area contributed by atoms with Gasteiger partial charge in [-0.1, -0.05) is 62.6 Å². The van der Waals surface area contributed by atoms with Crippen molar-refractivity contribution in [3.8, 4) is 0 Å². The van der Waals surface area contributed by atoms with Crippen LogP contribution >= 0.6 is 0 Å². The lowest BCUT2D eigenvalue weighted by Gasteiger charge is -2.13. The highest BCUT2D eigenvalue weighted by Crippen LogP contribution is 2.30. The predicted octanol–water partition coefficient (Wildman–Crippen LogP) is 4.88. The van der Waals surface area contributed by atoms with Crippen molar-refractivity contribution in [1.29, 1.82) is 0 Å². The second-order valence-electron chi connectivity index (χ2n) is 6.42. The van der Waals surface area contributed by atoms with E-state index in [2.05, 4.69) is 37.3 Å². The number of aliphatic carboxylic acids is 1. The number of carbonyl (C=O) groups is 1. The smallest absolute Gasteiger partial charge is 0.332 e. The fraction of sp³-hybridized carbons (Fsp3) is 0.650. The maximum Gasteiger partial charge on any atom is 0.332 e. The number of carboxylic acids is 1. The number of aliphatic hydroxyl groups excluding tert-OH is 1. The molecule has 0 saturated heterocycles. The fourth-order valence-electron chi connectivity index (χ4n) is 2.91. The van der Waals surface area contributed by atoms with E-state index in [0.29, 0.717) is 18.3 Å². The molecule has 0 aromatic carbocycles. The molecule has 0 aromatic heterocycles. The molecule has 1 unspecified atom stereocenters. The van der Waals surface area contributed by atoms with E-state index in [1.165, 1.54) is 32.1 Å². The Bertz CT molecular complexity index is 409. The molecule has 0 aliphatic heterocycles. The van der Waals surface area contributed by atoms with E-state index in [1.54, 1.807) is 0 Å². The number of rotatable bonds is 12. The summed E-state index contributed by atoms with van der Waals surface area (Å²) in [5.41, 5.74) is 0. The van der Waals surface area contributed by atoms with Gasteiger partial charge in [0.05, 0.1) is 0 Å². The van der Waals surface area contributed by atoms with E-state index in [-0.39, 0.29) is 6.42 Å². The maximum atomic E-state index is 10.5. The first-order valence-electron chi connectivity index (χ1n) is 9.04. The molecule has 1 aliphatic rings. The molecule has 23 heavy (non-hydrogen) atoms. The summed E-state index contributed by atoms with van der Waals surface area (Å²) in [5.74, 6) is 0.0282. The van der Waals surface area contributed by atoms with Gasteiger partial charge in [-0.2, -0.15) is 0 Å². The number of hydrogen-bond acceptors (Lipinski definition) is 2. The van der Waals surface area contributed by atoms with Crippen molar-refractivity contribution in [3.63, 3.8) is 0 Å². The summed E-state index contributed by atoms with van der Waals surface area (Å²) in [6.45, 7) is 2.24. The van der Waals surface area contributed by atoms with Crippen LogP contribution in [0.25, 0.3) is 0 Å². The molecule has 0 radical (unpaired) electrons. The van der Waals surface area contributed by atoms with Gasteiger partial charge >= 0.3 is 5.97 Å². The van der Waals surface area contributed by atoms with Crippen LogP contribution in [-0.2, 0) is 4.79 Å². The van der Waals surface area contributed by atoms with Gasteiger partial charge in [0.25, 0.3) is 0 Å². The summed E-state index contributed by atoms with van der Waals surface area (Å²) in [6, 6.07) is 0. The fourth-order valence-corrected chi connectivity index (χ4v) is 2.91. The Hall–Kier alpha value is -1.35. The van der Waals surface area contributed by atoms with Crippen molar-refractivity contribution in [2.24, 2.45) is 11.8 Å². The van der Waals surface area contributed by atoms with Gasteiger partial charge in [0.15, 0.2) is 6.10 Å². The number of carboxylic acid groups (broad SMARTS) is 1. The minimum Gasteiger partial charge on any atom is -0.479 e. The molecule has 0 spiro atoms. The van der Waals surface area contributed by atoms with E-state index in [4.69, 9.17) is 5.11 Å². The number of unbranched alkanes of at least 4 members (excludes halogenated alkanes) is 4. The summed E-state index contributed by atoms with van der Waals surface area (Å²) < 4.78 is 0. The summed E-state index contributed by atoms with van der Waals surface area (Å²) in [7, 11) is 0. The minimum absolute atomic E-state index is 0.288. The van der Waals surface area contributed by atoms with Crippen LogP contribution in [0.5, 0.6) is 0 Å². The highest BCUT2D eigenvalue weighted by molar-refractivity contribution is 5.71. The second kappa shape index (κ2) is 12.1. The summed E-state index contributed by atoms with van der Waals surface area (Å²) >= 11 is 0. The van der Waals surface area contributed by atoms with Gasteiger partial charge in [-0.3, -0.25) is 0 Å². The molecule has 130 valence electrons. The molecule has 3 heteroatoms. The Balaban J connectivity index is 2.20. The Kier molecular flexibility index (Phi) is 10.4. The van der Waals surface area contributed by atoms with Crippen LogP contribution in [0.3, 0.4) is 0 Å². The minimum atomic E-state index is -1.24. The van der Waals surface area contributed by atoms with Gasteiger partial charge < -0.3 is 10.2 Å². The molecule has 1 aliphatic carbocycles. The highest BCUT2D eigenvalue weighted by atomic mass is 16.4. The average Bonchev–Trinajstić information content (AvgIpc) is 2.97. The normalized spacial score (nSPS) is 22.3. The first-order chi connectivity index (χ1) is 11.1. The molecular formula is C20H32O3. The summed E-state index contributed by atoms with van der Waals surface area (Å²) in [4.78, 5) is 10.5. The van der Waals surface area contributed by atoms with Crippen molar-refractivity contribution in [2.45, 2.75) is 70.8 Å². The Labute approximate surface area is 140 Å². The third kappa shape index (κ3) is 8.75. The summed E-state index contributed by atoms with van der Waals surface area (Å²) in [5, 5.41) is 17.8. The van der Waals surface area contributed by atoms with Crippen LogP contribution in [0.15, 0.2) is 36.5 Å². The van der Waals surface area contributed by atoms with Crippen LogP contribution < -0.4 is 0 Å². The molecule has 0 fully saturated rings. The lowest BCUT2D eigenvalue weighted by molar-refractivity contribution is -0.146. The number of hydrogen-bond donors (Lipinski definition) is 2. The van der Waals surface area contributed by atoms with Crippen LogP contribution in [-0.4, -0.2) is 22.3 Å². The SMILES string of the molecule is CCCCCCC=C[C@H]1C=CC[C@@H]1CC=CCCC(O)C(=O)O. The van der Waals surface area contributed by atoms with Crippen LogP contribution in [0.4, 0.5) is 0 Å². The topological polar surface area (TPSA) is 57.5 Å². The van der Waals surface area contributed by atoms with Crippen LogP contribution in [0, 0.1) is 11.8 Å². The lowest BCUT2D eigenvalue weighted by Crippen LogP contribution is -2.18. The van der Waals surface area contributed by atoms with Crippen molar-refractivity contribution in [2.75, 3.05) is 0 Å². The van der Waals surface area contributed by atoms with Crippen molar-refractivity contribution < 1.29 is 15.0 Å². The molecule has 2 N–H and O–H groups in total. The van der Waals surface area contributed by atoms with Gasteiger partial charge in [0, 0.05) is 0 Å². The molecule has 0 amide bonds. The van der Waals surface area contributed by atoms with E-state index >= 15 is 0 Å². The standard InChI is InChI=1S/C20H32O3/c1-2-3-4-5-6-8-12-17-14-11-15-18(17)13-9-7-10-16-19(21)20(22)23/h7-9,11-12,14,17-19,21H,2-6,10,13,15-16H2,1H3,(H,22,23)/t17-,18-,19?/m0/s1. The number of aliphatic hydroxyl groups is 1. The van der Waals surface area contributed by atoms with Crippen molar-refractivity contribution >= 4 is 5.97 Å². The molecule has 3 nitrogen and oxygen atoms in total. The van der Waals surface area contributed by atoms with E-state index in [0.717, 1.165) is 12.8 Å². The van der Waals surface area contributed by atoms with Gasteiger partial charge in [0.2, 0.25) is 0 Å². The molecule has 0 saturated carbocycles. The molecule has 1 rings (SSSR count). The second-order valence-corrected chi connectivity index (χ2v) is 6.42. The maximum absolute atomic E-state index is 10.5. The zero-order chi connectivity index (χ0) is 16.9. The van der Waals surface area contributed by atoms with E-state index in [9.17, 15) is 9.90 Å². The molecule has 0 heterocycles.